The minimum Gasteiger partial charge on any atom is -0.417 e. The van der Waals surface area contributed by atoms with E-state index in [9.17, 15) is 9.59 Å². The van der Waals surface area contributed by atoms with E-state index in [4.69, 9.17) is 9.47 Å². The molecule has 5 nitrogen and oxygen atoms in total. The molecule has 0 rings (SSSR count). The standard InChI is InChI=1S/C16H27NO4/c1-10(2)14(18)20-16(12(5)6,13(7)17(8)9)21-15(19)11(3)4/h12-13H,1,3H2,2,4-9H3. The van der Waals surface area contributed by atoms with Gasteiger partial charge in [-0.25, -0.2) is 9.59 Å². The van der Waals surface area contributed by atoms with Crippen LogP contribution in [0.25, 0.3) is 0 Å². The summed E-state index contributed by atoms with van der Waals surface area (Å²) in [6.45, 7) is 15.7. The molecule has 0 aromatic carbocycles. The van der Waals surface area contributed by atoms with Crippen LogP contribution < -0.4 is 0 Å². The molecule has 0 spiro atoms. The zero-order chi connectivity index (χ0) is 17.0. The Morgan fingerprint density at radius 3 is 1.48 bits per heavy atom. The second-order valence-electron chi connectivity index (χ2n) is 5.86. The quantitative estimate of drug-likeness (QED) is 0.410. The number of likely N-dealkylation sites (N-methyl/N-ethyl adjacent to an activating group) is 1. The Bertz CT molecular complexity index is 410. The summed E-state index contributed by atoms with van der Waals surface area (Å²) in [5, 5.41) is 0. The van der Waals surface area contributed by atoms with Crippen molar-refractivity contribution in [2.45, 2.75) is 46.4 Å². The van der Waals surface area contributed by atoms with E-state index in [1.807, 2.05) is 39.8 Å². The highest BCUT2D eigenvalue weighted by atomic mass is 16.7. The lowest BCUT2D eigenvalue weighted by atomic mass is 9.94. The maximum atomic E-state index is 12.0. The van der Waals surface area contributed by atoms with E-state index in [0.717, 1.165) is 0 Å². The first kappa shape index (κ1) is 19.4. The number of hydrogen-bond acceptors (Lipinski definition) is 5. The molecule has 0 heterocycles. The van der Waals surface area contributed by atoms with Crippen molar-refractivity contribution in [1.29, 1.82) is 0 Å². The third-order valence-electron chi connectivity index (χ3n) is 3.36. The van der Waals surface area contributed by atoms with Crippen LogP contribution in [0.3, 0.4) is 0 Å². The minimum atomic E-state index is -1.41. The molecule has 0 N–H and O–H groups in total. The summed E-state index contributed by atoms with van der Waals surface area (Å²) in [5.74, 6) is -2.84. The fourth-order valence-corrected chi connectivity index (χ4v) is 1.73. The van der Waals surface area contributed by atoms with Gasteiger partial charge in [0.25, 0.3) is 5.79 Å². The van der Waals surface area contributed by atoms with Crippen LogP contribution in [0.1, 0.15) is 34.6 Å². The Hall–Kier alpha value is -1.62. The Morgan fingerprint density at radius 2 is 1.29 bits per heavy atom. The summed E-state index contributed by atoms with van der Waals surface area (Å²) >= 11 is 0. The van der Waals surface area contributed by atoms with Crippen LogP contribution in [0.5, 0.6) is 0 Å². The van der Waals surface area contributed by atoms with Crippen molar-refractivity contribution in [1.82, 2.24) is 4.90 Å². The van der Waals surface area contributed by atoms with Gasteiger partial charge in [-0.15, -0.1) is 0 Å². The molecular weight excluding hydrogens is 270 g/mol. The molecule has 0 saturated carbocycles. The van der Waals surface area contributed by atoms with Crippen LogP contribution in [0.4, 0.5) is 0 Å². The van der Waals surface area contributed by atoms with Gasteiger partial charge >= 0.3 is 11.9 Å². The first-order valence-electron chi connectivity index (χ1n) is 6.89. The van der Waals surface area contributed by atoms with Crippen LogP contribution in [0.2, 0.25) is 0 Å². The first-order chi connectivity index (χ1) is 9.45. The zero-order valence-electron chi connectivity index (χ0n) is 14.1. The molecule has 0 aromatic rings. The summed E-state index contributed by atoms with van der Waals surface area (Å²) in [4.78, 5) is 25.8. The molecule has 120 valence electrons. The molecule has 1 unspecified atom stereocenters. The largest absolute Gasteiger partial charge is 0.417 e. The molecule has 0 aliphatic carbocycles. The Kier molecular flexibility index (Phi) is 6.83. The first-order valence-corrected chi connectivity index (χ1v) is 6.89. The summed E-state index contributed by atoms with van der Waals surface area (Å²) < 4.78 is 11.1. The van der Waals surface area contributed by atoms with Crippen molar-refractivity contribution in [3.63, 3.8) is 0 Å². The van der Waals surface area contributed by atoms with Crippen LogP contribution in [0, 0.1) is 5.92 Å². The normalized spacial score (nSPS) is 13.0. The van der Waals surface area contributed by atoms with Crippen LogP contribution in [-0.2, 0) is 19.1 Å². The van der Waals surface area contributed by atoms with E-state index in [2.05, 4.69) is 13.2 Å². The molecule has 0 radical (unpaired) electrons. The molecule has 0 saturated heterocycles. The third-order valence-corrected chi connectivity index (χ3v) is 3.36. The molecule has 0 bridgehead atoms. The van der Waals surface area contributed by atoms with Gasteiger partial charge in [0.2, 0.25) is 0 Å². The van der Waals surface area contributed by atoms with E-state index in [-0.39, 0.29) is 23.1 Å². The maximum Gasteiger partial charge on any atom is 0.336 e. The molecular formula is C16H27NO4. The lowest BCUT2D eigenvalue weighted by molar-refractivity contribution is -0.259. The summed E-state index contributed by atoms with van der Waals surface area (Å²) in [6.07, 6.45) is 0. The van der Waals surface area contributed by atoms with Gasteiger partial charge < -0.3 is 9.47 Å². The zero-order valence-corrected chi connectivity index (χ0v) is 14.1. The van der Waals surface area contributed by atoms with E-state index in [1.165, 1.54) is 0 Å². The van der Waals surface area contributed by atoms with Crippen molar-refractivity contribution in [3.05, 3.63) is 24.3 Å². The number of rotatable bonds is 7. The van der Waals surface area contributed by atoms with E-state index >= 15 is 0 Å². The average molecular weight is 297 g/mol. The highest BCUT2D eigenvalue weighted by molar-refractivity contribution is 5.89. The van der Waals surface area contributed by atoms with Crippen molar-refractivity contribution >= 4 is 11.9 Å². The van der Waals surface area contributed by atoms with Gasteiger partial charge in [-0.1, -0.05) is 27.0 Å². The third kappa shape index (κ3) is 4.70. The molecule has 1 atom stereocenters. The van der Waals surface area contributed by atoms with Gasteiger partial charge in [0, 0.05) is 17.1 Å². The van der Waals surface area contributed by atoms with Crippen molar-refractivity contribution in [3.8, 4) is 0 Å². The summed E-state index contributed by atoms with van der Waals surface area (Å²) in [5.41, 5.74) is 0.495. The van der Waals surface area contributed by atoms with Crippen molar-refractivity contribution in [2.75, 3.05) is 14.1 Å². The monoisotopic (exact) mass is 297 g/mol. The predicted molar refractivity (Wildman–Crippen MR) is 82.5 cm³/mol. The van der Waals surface area contributed by atoms with E-state index in [0.29, 0.717) is 0 Å². The number of nitrogens with zero attached hydrogens (tertiary/aromatic N) is 1. The molecule has 0 aromatic heterocycles. The summed E-state index contributed by atoms with van der Waals surface area (Å²) in [7, 11) is 3.65. The molecule has 0 amide bonds. The number of hydrogen-bond donors (Lipinski definition) is 0. The second kappa shape index (κ2) is 7.41. The van der Waals surface area contributed by atoms with E-state index in [1.54, 1.807) is 13.8 Å². The van der Waals surface area contributed by atoms with Crippen molar-refractivity contribution < 1.29 is 19.1 Å². The lowest BCUT2D eigenvalue weighted by Crippen LogP contribution is -2.57. The van der Waals surface area contributed by atoms with Crippen molar-refractivity contribution in [2.24, 2.45) is 5.92 Å². The average Bonchev–Trinajstić information content (AvgIpc) is 2.35. The Morgan fingerprint density at radius 1 is 0.952 bits per heavy atom. The Balaban J connectivity index is 5.76. The molecule has 21 heavy (non-hydrogen) atoms. The van der Waals surface area contributed by atoms with Crippen LogP contribution >= 0.6 is 0 Å². The molecule has 5 heteroatoms. The number of ether oxygens (including phenoxy) is 2. The fourth-order valence-electron chi connectivity index (χ4n) is 1.73. The maximum absolute atomic E-state index is 12.0. The molecule has 0 fully saturated rings. The molecule has 0 aliphatic heterocycles. The van der Waals surface area contributed by atoms with Gasteiger partial charge in [-0.05, 0) is 34.9 Å². The van der Waals surface area contributed by atoms with Gasteiger partial charge in [0.1, 0.15) is 0 Å². The number of carbonyl (C=O) groups excluding carboxylic acids is 2. The van der Waals surface area contributed by atoms with Gasteiger partial charge in [-0.2, -0.15) is 0 Å². The lowest BCUT2D eigenvalue weighted by Gasteiger charge is -2.43. The van der Waals surface area contributed by atoms with Crippen LogP contribution in [-0.4, -0.2) is 42.8 Å². The molecule has 0 aliphatic rings. The van der Waals surface area contributed by atoms with Gasteiger partial charge in [0.05, 0.1) is 6.04 Å². The highest BCUT2D eigenvalue weighted by Crippen LogP contribution is 2.32. The minimum absolute atomic E-state index is 0.248. The highest BCUT2D eigenvalue weighted by Gasteiger charge is 2.48. The van der Waals surface area contributed by atoms with Crippen LogP contribution in [0.15, 0.2) is 24.3 Å². The topological polar surface area (TPSA) is 55.8 Å². The predicted octanol–water partition coefficient (Wildman–Crippen LogP) is 2.53. The smallest absolute Gasteiger partial charge is 0.336 e. The van der Waals surface area contributed by atoms with E-state index < -0.39 is 17.7 Å². The van der Waals surface area contributed by atoms with Gasteiger partial charge in [-0.3, -0.25) is 4.90 Å². The fraction of sp³-hybridized carbons (Fsp3) is 0.625. The SMILES string of the molecule is C=C(C)C(=O)OC(OC(=O)C(=C)C)(C(C)C)C(C)N(C)C. The second-order valence-corrected chi connectivity index (χ2v) is 5.86. The van der Waals surface area contributed by atoms with Gasteiger partial charge in [0.15, 0.2) is 0 Å². The number of esters is 2. The number of carbonyl (C=O) groups is 2. The summed E-state index contributed by atoms with van der Waals surface area (Å²) in [6, 6.07) is -0.343. The Labute approximate surface area is 127 Å².